The normalized spacial score (nSPS) is 8.33. The fourth-order valence-electron chi connectivity index (χ4n) is 0.644. The van der Waals surface area contributed by atoms with Crippen LogP contribution in [0.1, 0.15) is 20.3 Å². The molecule has 0 aliphatic heterocycles. The van der Waals surface area contributed by atoms with E-state index >= 15 is 0 Å². The van der Waals surface area contributed by atoms with Crippen molar-refractivity contribution in [3.05, 3.63) is 29.3 Å². The van der Waals surface area contributed by atoms with Gasteiger partial charge in [0.25, 0.3) is 0 Å². The quantitative estimate of drug-likeness (QED) is 0.702. The summed E-state index contributed by atoms with van der Waals surface area (Å²) in [4.78, 5) is 0. The summed E-state index contributed by atoms with van der Waals surface area (Å²) in [5.74, 6) is 0. The van der Waals surface area contributed by atoms with Crippen LogP contribution in [0.3, 0.4) is 0 Å². The molecule has 0 atom stereocenters. The van der Waals surface area contributed by atoms with Gasteiger partial charge in [-0.15, -0.1) is 0 Å². The Bertz CT molecular complexity index is 211. The minimum Gasteiger partial charge on any atom is -0.388 e. The summed E-state index contributed by atoms with van der Waals surface area (Å²) in [7, 11) is 1.87. The predicted molar refractivity (Wildman–Crippen MR) is 57.0 cm³/mol. The Labute approximate surface area is 79.8 Å². The van der Waals surface area contributed by atoms with E-state index in [4.69, 9.17) is 11.6 Å². The Morgan fingerprint density at radius 3 is 2.25 bits per heavy atom. The molecule has 0 aromatic heterocycles. The van der Waals surface area contributed by atoms with Gasteiger partial charge in [-0.25, -0.2) is 0 Å². The first-order valence-electron chi connectivity index (χ1n) is 4.17. The Hall–Kier alpha value is -0.690. The van der Waals surface area contributed by atoms with Crippen LogP contribution in [0, 0.1) is 0 Å². The van der Waals surface area contributed by atoms with E-state index in [2.05, 4.69) is 19.2 Å². The van der Waals surface area contributed by atoms with Crippen LogP contribution >= 0.6 is 11.6 Å². The van der Waals surface area contributed by atoms with Gasteiger partial charge in [0.05, 0.1) is 0 Å². The molecule has 0 amide bonds. The largest absolute Gasteiger partial charge is 0.388 e. The monoisotopic (exact) mass is 185 g/mol. The minimum absolute atomic E-state index is 0.766. The molecule has 0 spiro atoms. The number of anilines is 1. The van der Waals surface area contributed by atoms with Gasteiger partial charge in [-0.3, -0.25) is 0 Å². The maximum Gasteiger partial charge on any atom is 0.0426 e. The van der Waals surface area contributed by atoms with Crippen LogP contribution in [0.4, 0.5) is 5.69 Å². The summed E-state index contributed by atoms with van der Waals surface area (Å²) >= 11 is 5.68. The van der Waals surface area contributed by atoms with Crippen molar-refractivity contribution < 1.29 is 0 Å². The number of hydrogen-bond donors (Lipinski definition) is 1. The van der Waals surface area contributed by atoms with Crippen molar-refractivity contribution in [1.29, 1.82) is 0 Å². The number of nitrogens with one attached hydrogen (secondary N) is 1. The molecule has 0 aliphatic rings. The average molecular weight is 186 g/mol. The second kappa shape index (κ2) is 6.99. The van der Waals surface area contributed by atoms with E-state index in [1.165, 1.54) is 6.42 Å². The lowest BCUT2D eigenvalue weighted by molar-refractivity contribution is 1.09. The van der Waals surface area contributed by atoms with Gasteiger partial charge < -0.3 is 5.32 Å². The number of rotatable bonds is 1. The maximum atomic E-state index is 5.68. The predicted octanol–water partition coefficient (Wildman–Crippen LogP) is 3.80. The van der Waals surface area contributed by atoms with E-state index < -0.39 is 0 Å². The van der Waals surface area contributed by atoms with Crippen molar-refractivity contribution in [2.24, 2.45) is 0 Å². The maximum absolute atomic E-state index is 5.68. The Morgan fingerprint density at radius 2 is 1.92 bits per heavy atom. The third kappa shape index (κ3) is 5.03. The first-order chi connectivity index (χ1) is 5.74. The van der Waals surface area contributed by atoms with E-state index in [0.29, 0.717) is 0 Å². The van der Waals surface area contributed by atoms with Crippen molar-refractivity contribution in [1.82, 2.24) is 0 Å². The third-order valence-electron chi connectivity index (χ3n) is 1.11. The molecule has 0 saturated carbocycles. The van der Waals surface area contributed by atoms with Crippen molar-refractivity contribution in [2.45, 2.75) is 20.3 Å². The fourth-order valence-corrected chi connectivity index (χ4v) is 0.834. The highest BCUT2D eigenvalue weighted by atomic mass is 35.5. The van der Waals surface area contributed by atoms with Gasteiger partial charge in [0.15, 0.2) is 0 Å². The van der Waals surface area contributed by atoms with E-state index in [0.717, 1.165) is 10.7 Å². The fraction of sp³-hybridized carbons (Fsp3) is 0.400. The lowest BCUT2D eigenvalue weighted by Crippen LogP contribution is -1.85. The molecule has 0 heterocycles. The van der Waals surface area contributed by atoms with Crippen LogP contribution in [-0.2, 0) is 0 Å². The molecule has 68 valence electrons. The van der Waals surface area contributed by atoms with Crippen LogP contribution in [0.2, 0.25) is 5.02 Å². The van der Waals surface area contributed by atoms with Crippen LogP contribution in [0.25, 0.3) is 0 Å². The molecular formula is C10H16ClN. The molecule has 1 nitrogen and oxygen atoms in total. The van der Waals surface area contributed by atoms with Crippen LogP contribution in [-0.4, -0.2) is 7.05 Å². The van der Waals surface area contributed by atoms with Crippen molar-refractivity contribution in [3.63, 3.8) is 0 Å². The zero-order chi connectivity index (χ0) is 9.40. The lowest BCUT2D eigenvalue weighted by Gasteiger charge is -1.97. The van der Waals surface area contributed by atoms with Crippen LogP contribution in [0.5, 0.6) is 0 Å². The van der Waals surface area contributed by atoms with Crippen molar-refractivity contribution in [3.8, 4) is 0 Å². The average Bonchev–Trinajstić information content (AvgIpc) is 2.06. The van der Waals surface area contributed by atoms with E-state index in [-0.39, 0.29) is 0 Å². The second-order valence-electron chi connectivity index (χ2n) is 2.47. The molecule has 0 bridgehead atoms. The molecule has 1 N–H and O–H groups in total. The molecule has 2 heteroatoms. The summed E-state index contributed by atoms with van der Waals surface area (Å²) in [5, 5.41) is 3.75. The first-order valence-corrected chi connectivity index (χ1v) is 4.55. The molecule has 0 aliphatic carbocycles. The molecule has 0 saturated heterocycles. The number of halogens is 1. The zero-order valence-corrected chi connectivity index (χ0v) is 8.65. The minimum atomic E-state index is 0.766. The van der Waals surface area contributed by atoms with Crippen LogP contribution < -0.4 is 5.32 Å². The lowest BCUT2D eigenvalue weighted by atomic mass is 10.3. The Balaban J connectivity index is 0.000000354. The zero-order valence-electron chi connectivity index (χ0n) is 7.89. The van der Waals surface area contributed by atoms with Gasteiger partial charge in [-0.2, -0.15) is 0 Å². The summed E-state index contributed by atoms with van der Waals surface area (Å²) in [6.07, 6.45) is 1.25. The molecule has 0 radical (unpaired) electrons. The number of benzene rings is 1. The Kier molecular flexibility index (Phi) is 6.58. The summed E-state index contributed by atoms with van der Waals surface area (Å²) in [6, 6.07) is 7.60. The van der Waals surface area contributed by atoms with Crippen LogP contribution in [0.15, 0.2) is 24.3 Å². The van der Waals surface area contributed by atoms with Gasteiger partial charge in [-0.1, -0.05) is 37.9 Å². The standard InChI is InChI=1S/C7H8ClN.C3H8/c1-9-7-4-2-3-6(8)5-7;1-3-2/h2-5,9H,1H3;3H2,1-2H3. The van der Waals surface area contributed by atoms with E-state index in [1.54, 1.807) is 0 Å². The van der Waals surface area contributed by atoms with Gasteiger partial charge >= 0.3 is 0 Å². The molecule has 1 rings (SSSR count). The molecular weight excluding hydrogens is 170 g/mol. The summed E-state index contributed by atoms with van der Waals surface area (Å²) in [5.41, 5.74) is 1.04. The topological polar surface area (TPSA) is 12.0 Å². The van der Waals surface area contributed by atoms with E-state index in [9.17, 15) is 0 Å². The summed E-state index contributed by atoms with van der Waals surface area (Å²) < 4.78 is 0. The van der Waals surface area contributed by atoms with E-state index in [1.807, 2.05) is 31.3 Å². The molecule has 0 unspecified atom stereocenters. The van der Waals surface area contributed by atoms with Crippen molar-refractivity contribution in [2.75, 3.05) is 12.4 Å². The molecule has 1 aromatic rings. The Morgan fingerprint density at radius 1 is 1.33 bits per heavy atom. The third-order valence-corrected chi connectivity index (χ3v) is 1.35. The van der Waals surface area contributed by atoms with Gasteiger partial charge in [0, 0.05) is 17.8 Å². The second-order valence-corrected chi connectivity index (χ2v) is 2.90. The molecule has 0 fully saturated rings. The molecule has 12 heavy (non-hydrogen) atoms. The highest BCUT2D eigenvalue weighted by Crippen LogP contribution is 2.13. The van der Waals surface area contributed by atoms with Gasteiger partial charge in [0.1, 0.15) is 0 Å². The highest BCUT2D eigenvalue weighted by Gasteiger charge is 1.86. The smallest absolute Gasteiger partial charge is 0.0426 e. The molecule has 1 aromatic carbocycles. The SMILES string of the molecule is CCC.CNc1cccc(Cl)c1. The van der Waals surface area contributed by atoms with Crippen molar-refractivity contribution >= 4 is 17.3 Å². The first kappa shape index (κ1) is 11.3. The number of hydrogen-bond acceptors (Lipinski definition) is 1. The highest BCUT2D eigenvalue weighted by molar-refractivity contribution is 6.30. The van der Waals surface area contributed by atoms with Gasteiger partial charge in [0.2, 0.25) is 0 Å². The summed E-state index contributed by atoms with van der Waals surface area (Å²) in [6.45, 7) is 4.25. The van der Waals surface area contributed by atoms with Gasteiger partial charge in [-0.05, 0) is 18.2 Å².